The molecule has 3 heterocycles. The van der Waals surface area contributed by atoms with Gasteiger partial charge in [-0.05, 0) is 42.5 Å². The quantitative estimate of drug-likeness (QED) is 0.504. The molecule has 0 saturated carbocycles. The Morgan fingerprint density at radius 3 is 2.55 bits per heavy atom. The van der Waals surface area contributed by atoms with Crippen molar-refractivity contribution in [2.45, 2.75) is 0 Å². The van der Waals surface area contributed by atoms with Gasteiger partial charge >= 0.3 is 0 Å². The third kappa shape index (κ3) is 3.08. The molecule has 140 valence electrons. The third-order valence-electron chi connectivity index (χ3n) is 4.66. The zero-order valence-corrected chi connectivity index (χ0v) is 15.2. The highest BCUT2D eigenvalue weighted by atomic mass is 19.1. The number of nitrogens with zero attached hydrogens (tertiary/aromatic N) is 5. The van der Waals surface area contributed by atoms with E-state index in [0.29, 0.717) is 11.4 Å². The molecular weight excluding hydrogens is 367 g/mol. The van der Waals surface area contributed by atoms with Crippen LogP contribution in [0.1, 0.15) is 0 Å². The summed E-state index contributed by atoms with van der Waals surface area (Å²) in [5.41, 5.74) is 10.3. The van der Waals surface area contributed by atoms with E-state index in [9.17, 15) is 4.39 Å². The zero-order valence-electron chi connectivity index (χ0n) is 15.2. The van der Waals surface area contributed by atoms with Gasteiger partial charge in [0.05, 0.1) is 34.5 Å². The van der Waals surface area contributed by atoms with Crippen LogP contribution in [0.2, 0.25) is 0 Å². The smallest absolute Gasteiger partial charge is 0.220 e. The maximum absolute atomic E-state index is 13.4. The largest absolute Gasteiger partial charge is 0.368 e. The fraction of sp³-hybridized carbons (Fsp3) is 0. The summed E-state index contributed by atoms with van der Waals surface area (Å²) in [6.45, 7) is 0. The van der Waals surface area contributed by atoms with Crippen molar-refractivity contribution in [2.75, 3.05) is 5.73 Å². The highest BCUT2D eigenvalue weighted by molar-refractivity contribution is 5.82. The number of benzene rings is 2. The summed E-state index contributed by atoms with van der Waals surface area (Å²) in [6, 6.07) is 17.9. The average Bonchev–Trinajstić information content (AvgIpc) is 3.19. The Kier molecular flexibility index (Phi) is 3.98. The molecule has 0 radical (unpaired) electrons. The number of rotatable bonds is 3. The topological polar surface area (TPSA) is 82.5 Å². The molecule has 0 aliphatic heterocycles. The number of para-hydroxylation sites is 1. The van der Waals surface area contributed by atoms with Gasteiger partial charge in [0, 0.05) is 17.1 Å². The van der Waals surface area contributed by atoms with Gasteiger partial charge in [-0.15, -0.1) is 0 Å². The lowest BCUT2D eigenvalue weighted by Crippen LogP contribution is -2.01. The molecule has 0 fully saturated rings. The molecule has 0 aliphatic rings. The number of anilines is 1. The van der Waals surface area contributed by atoms with Gasteiger partial charge < -0.3 is 5.73 Å². The first-order valence-electron chi connectivity index (χ1n) is 8.96. The number of hydrogen-bond donors (Lipinski definition) is 1. The number of imidazole rings is 1. The van der Waals surface area contributed by atoms with Gasteiger partial charge in [-0.3, -0.25) is 9.55 Å². The summed E-state index contributed by atoms with van der Waals surface area (Å²) < 4.78 is 15.3. The molecule has 3 aromatic heterocycles. The van der Waals surface area contributed by atoms with Crippen LogP contribution in [0.3, 0.4) is 0 Å². The molecule has 7 heteroatoms. The summed E-state index contributed by atoms with van der Waals surface area (Å²) >= 11 is 0. The Morgan fingerprint density at radius 1 is 0.897 bits per heavy atom. The molecule has 2 N–H and O–H groups in total. The van der Waals surface area contributed by atoms with Gasteiger partial charge in [-0.25, -0.2) is 19.3 Å². The second-order valence-electron chi connectivity index (χ2n) is 6.50. The number of pyridine rings is 1. The molecule has 0 bridgehead atoms. The van der Waals surface area contributed by atoms with E-state index in [1.807, 2.05) is 34.9 Å². The number of nitrogen functional groups attached to an aromatic ring is 1. The predicted molar refractivity (Wildman–Crippen MR) is 110 cm³/mol. The number of fused-ring (bicyclic) bond motifs is 1. The lowest BCUT2D eigenvalue weighted by molar-refractivity contribution is 0.628. The van der Waals surface area contributed by atoms with Crippen LogP contribution in [0.5, 0.6) is 0 Å². The van der Waals surface area contributed by atoms with Crippen molar-refractivity contribution in [1.82, 2.24) is 24.5 Å². The van der Waals surface area contributed by atoms with E-state index in [-0.39, 0.29) is 11.8 Å². The molecule has 0 amide bonds. The minimum Gasteiger partial charge on any atom is -0.368 e. The molecule has 29 heavy (non-hydrogen) atoms. The highest BCUT2D eigenvalue weighted by Crippen LogP contribution is 2.33. The summed E-state index contributed by atoms with van der Waals surface area (Å²) in [5.74, 6) is -0.142. The number of halogens is 1. The van der Waals surface area contributed by atoms with Crippen LogP contribution >= 0.6 is 0 Å². The van der Waals surface area contributed by atoms with Crippen molar-refractivity contribution in [1.29, 1.82) is 0 Å². The lowest BCUT2D eigenvalue weighted by atomic mass is 10.1. The van der Waals surface area contributed by atoms with E-state index in [4.69, 9.17) is 5.73 Å². The minimum absolute atomic E-state index is 0.164. The minimum atomic E-state index is -0.306. The standard InChI is InChI=1S/C22H15FN6/c23-16-7-5-14(6-8-16)20-21(19-9-10-25-22(24)28-19)29(13-27-20)17-11-15-3-1-2-4-18(15)26-12-17/h1-13H,(H2,24,25,28). The van der Waals surface area contributed by atoms with Crippen LogP contribution in [0, 0.1) is 5.82 Å². The van der Waals surface area contributed by atoms with Gasteiger partial charge in [0.25, 0.3) is 0 Å². The molecular formula is C22H15FN6. The molecule has 0 atom stereocenters. The molecule has 2 aromatic carbocycles. The zero-order chi connectivity index (χ0) is 19.8. The number of nitrogens with two attached hydrogens (primary N) is 1. The normalized spacial score (nSPS) is 11.1. The van der Waals surface area contributed by atoms with Crippen LogP contribution in [-0.2, 0) is 0 Å². The van der Waals surface area contributed by atoms with E-state index in [1.54, 1.807) is 36.9 Å². The Balaban J connectivity index is 1.75. The number of aromatic nitrogens is 5. The van der Waals surface area contributed by atoms with Crippen LogP contribution in [0.15, 0.2) is 79.4 Å². The Hall–Kier alpha value is -4.13. The lowest BCUT2D eigenvalue weighted by Gasteiger charge is -2.11. The van der Waals surface area contributed by atoms with Gasteiger partial charge in [0.15, 0.2) is 0 Å². The second kappa shape index (κ2) is 6.79. The van der Waals surface area contributed by atoms with Crippen molar-refractivity contribution < 1.29 is 4.39 Å². The van der Waals surface area contributed by atoms with Gasteiger partial charge in [-0.2, -0.15) is 0 Å². The third-order valence-corrected chi connectivity index (χ3v) is 4.66. The number of hydrogen-bond acceptors (Lipinski definition) is 5. The maximum Gasteiger partial charge on any atom is 0.220 e. The molecule has 0 spiro atoms. The van der Waals surface area contributed by atoms with Crippen molar-refractivity contribution >= 4 is 16.9 Å². The van der Waals surface area contributed by atoms with E-state index >= 15 is 0 Å². The average molecular weight is 382 g/mol. The maximum atomic E-state index is 13.4. The van der Waals surface area contributed by atoms with E-state index < -0.39 is 0 Å². The van der Waals surface area contributed by atoms with Crippen molar-refractivity contribution in [3.63, 3.8) is 0 Å². The Labute approximate surface area is 165 Å². The Bertz CT molecular complexity index is 1330. The van der Waals surface area contributed by atoms with Gasteiger partial charge in [0.2, 0.25) is 5.95 Å². The van der Waals surface area contributed by atoms with E-state index in [1.165, 1.54) is 12.1 Å². The predicted octanol–water partition coefficient (Wildman–Crippen LogP) is 4.27. The van der Waals surface area contributed by atoms with E-state index in [0.717, 1.165) is 27.8 Å². The van der Waals surface area contributed by atoms with Gasteiger partial charge in [0.1, 0.15) is 12.1 Å². The van der Waals surface area contributed by atoms with Crippen molar-refractivity contribution in [3.05, 3.63) is 85.2 Å². The fourth-order valence-electron chi connectivity index (χ4n) is 3.30. The SMILES string of the molecule is Nc1nccc(-c2c(-c3ccc(F)cc3)ncn2-c2cnc3ccccc3c2)n1. The summed E-state index contributed by atoms with van der Waals surface area (Å²) in [7, 11) is 0. The molecule has 6 nitrogen and oxygen atoms in total. The van der Waals surface area contributed by atoms with Crippen LogP contribution in [0.25, 0.3) is 39.2 Å². The first-order chi connectivity index (χ1) is 14.2. The second-order valence-corrected chi connectivity index (χ2v) is 6.50. The molecule has 5 rings (SSSR count). The van der Waals surface area contributed by atoms with Gasteiger partial charge in [-0.1, -0.05) is 18.2 Å². The first kappa shape index (κ1) is 17.0. The first-order valence-corrected chi connectivity index (χ1v) is 8.96. The van der Waals surface area contributed by atoms with Crippen LogP contribution in [0.4, 0.5) is 10.3 Å². The summed E-state index contributed by atoms with van der Waals surface area (Å²) in [6.07, 6.45) is 5.09. The van der Waals surface area contributed by atoms with Crippen molar-refractivity contribution in [2.24, 2.45) is 0 Å². The molecule has 5 aromatic rings. The summed E-state index contributed by atoms with van der Waals surface area (Å²) in [5, 5.41) is 1.01. The highest BCUT2D eigenvalue weighted by Gasteiger charge is 2.18. The fourth-order valence-corrected chi connectivity index (χ4v) is 3.30. The van der Waals surface area contributed by atoms with Crippen molar-refractivity contribution in [3.8, 4) is 28.3 Å². The van der Waals surface area contributed by atoms with E-state index in [2.05, 4.69) is 19.9 Å². The van der Waals surface area contributed by atoms with Crippen LogP contribution in [-0.4, -0.2) is 24.5 Å². The molecule has 0 saturated heterocycles. The molecule has 0 aliphatic carbocycles. The molecule has 0 unspecified atom stereocenters. The Morgan fingerprint density at radius 2 is 1.72 bits per heavy atom. The summed E-state index contributed by atoms with van der Waals surface area (Å²) in [4.78, 5) is 17.5. The monoisotopic (exact) mass is 382 g/mol. The van der Waals surface area contributed by atoms with Crippen LogP contribution < -0.4 is 5.73 Å².